The number of hydrogen-bond acceptors (Lipinski definition) is 3. The lowest BCUT2D eigenvalue weighted by Gasteiger charge is -2.18. The summed E-state index contributed by atoms with van der Waals surface area (Å²) >= 11 is 0. The van der Waals surface area contributed by atoms with E-state index in [1.165, 1.54) is 5.56 Å². The SMILES string of the molecule is Cc1ccc(N/C=C2/COc3ccccc3C2=O)cc1. The molecule has 0 bridgehead atoms. The van der Waals surface area contributed by atoms with Gasteiger partial charge >= 0.3 is 0 Å². The van der Waals surface area contributed by atoms with Crippen LogP contribution in [-0.4, -0.2) is 12.4 Å². The minimum absolute atomic E-state index is 0.0199. The Morgan fingerprint density at radius 1 is 1.10 bits per heavy atom. The van der Waals surface area contributed by atoms with Crippen molar-refractivity contribution in [1.29, 1.82) is 0 Å². The molecule has 0 unspecified atom stereocenters. The highest BCUT2D eigenvalue weighted by atomic mass is 16.5. The van der Waals surface area contributed by atoms with Crippen molar-refractivity contribution in [3.05, 3.63) is 71.4 Å². The number of rotatable bonds is 2. The van der Waals surface area contributed by atoms with Crippen molar-refractivity contribution in [1.82, 2.24) is 0 Å². The van der Waals surface area contributed by atoms with Gasteiger partial charge in [0, 0.05) is 11.9 Å². The summed E-state index contributed by atoms with van der Waals surface area (Å²) in [4.78, 5) is 12.3. The number of ether oxygens (including phenoxy) is 1. The molecule has 0 saturated heterocycles. The predicted octanol–water partition coefficient (Wildman–Crippen LogP) is 3.57. The van der Waals surface area contributed by atoms with Crippen molar-refractivity contribution in [3.63, 3.8) is 0 Å². The maximum atomic E-state index is 12.3. The molecule has 0 spiro atoms. The number of benzene rings is 2. The van der Waals surface area contributed by atoms with Crippen LogP contribution in [0.1, 0.15) is 15.9 Å². The molecule has 3 rings (SSSR count). The molecule has 100 valence electrons. The summed E-state index contributed by atoms with van der Waals surface area (Å²) in [7, 11) is 0. The van der Waals surface area contributed by atoms with E-state index in [-0.39, 0.29) is 5.78 Å². The summed E-state index contributed by atoms with van der Waals surface area (Å²) in [6.07, 6.45) is 1.73. The Labute approximate surface area is 117 Å². The normalized spacial score (nSPS) is 15.7. The molecule has 0 radical (unpaired) electrons. The van der Waals surface area contributed by atoms with E-state index in [9.17, 15) is 4.79 Å². The number of carbonyl (C=O) groups is 1. The Bertz CT molecular complexity index is 672. The number of Topliss-reactive ketones (excluding diaryl/α,β-unsaturated/α-hetero) is 1. The van der Waals surface area contributed by atoms with Crippen molar-refractivity contribution >= 4 is 11.5 Å². The van der Waals surface area contributed by atoms with Gasteiger partial charge in [-0.05, 0) is 31.2 Å². The predicted molar refractivity (Wildman–Crippen MR) is 79.2 cm³/mol. The molecular formula is C17H15NO2. The second-order valence-electron chi connectivity index (χ2n) is 4.79. The van der Waals surface area contributed by atoms with E-state index in [0.717, 1.165) is 5.69 Å². The fraction of sp³-hybridized carbons (Fsp3) is 0.118. The van der Waals surface area contributed by atoms with Crippen LogP contribution in [0, 0.1) is 6.92 Å². The van der Waals surface area contributed by atoms with E-state index in [1.807, 2.05) is 49.4 Å². The van der Waals surface area contributed by atoms with Gasteiger partial charge in [-0.15, -0.1) is 0 Å². The second-order valence-corrected chi connectivity index (χ2v) is 4.79. The van der Waals surface area contributed by atoms with E-state index in [1.54, 1.807) is 12.3 Å². The minimum Gasteiger partial charge on any atom is -0.488 e. The van der Waals surface area contributed by atoms with Crippen molar-refractivity contribution in [3.8, 4) is 5.75 Å². The summed E-state index contributed by atoms with van der Waals surface area (Å²) in [6, 6.07) is 15.3. The summed E-state index contributed by atoms with van der Waals surface area (Å²) < 4.78 is 5.58. The second kappa shape index (κ2) is 5.21. The van der Waals surface area contributed by atoms with Crippen LogP contribution in [0.4, 0.5) is 5.69 Å². The molecule has 1 aliphatic heterocycles. The molecule has 1 N–H and O–H groups in total. The van der Waals surface area contributed by atoms with Gasteiger partial charge in [-0.3, -0.25) is 4.79 Å². The lowest BCUT2D eigenvalue weighted by Crippen LogP contribution is -2.19. The number of anilines is 1. The van der Waals surface area contributed by atoms with Gasteiger partial charge in [0.05, 0.1) is 11.1 Å². The number of nitrogens with one attached hydrogen (secondary N) is 1. The van der Waals surface area contributed by atoms with Crippen LogP contribution < -0.4 is 10.1 Å². The number of fused-ring (bicyclic) bond motifs is 1. The lowest BCUT2D eigenvalue weighted by atomic mass is 10.0. The monoisotopic (exact) mass is 265 g/mol. The van der Waals surface area contributed by atoms with E-state index < -0.39 is 0 Å². The molecule has 0 aliphatic carbocycles. The van der Waals surface area contributed by atoms with E-state index >= 15 is 0 Å². The van der Waals surface area contributed by atoms with Gasteiger partial charge in [-0.25, -0.2) is 0 Å². The van der Waals surface area contributed by atoms with Gasteiger partial charge in [0.1, 0.15) is 12.4 Å². The highest BCUT2D eigenvalue weighted by Crippen LogP contribution is 2.26. The molecule has 1 aliphatic rings. The first-order chi connectivity index (χ1) is 9.74. The first-order valence-corrected chi connectivity index (χ1v) is 6.53. The third-order valence-electron chi connectivity index (χ3n) is 3.27. The summed E-state index contributed by atoms with van der Waals surface area (Å²) in [5, 5.41) is 3.14. The highest BCUT2D eigenvalue weighted by molar-refractivity contribution is 6.11. The zero-order chi connectivity index (χ0) is 13.9. The quantitative estimate of drug-likeness (QED) is 0.844. The maximum Gasteiger partial charge on any atom is 0.197 e. The van der Waals surface area contributed by atoms with Crippen molar-refractivity contribution in [2.45, 2.75) is 6.92 Å². The van der Waals surface area contributed by atoms with Gasteiger partial charge in [0.2, 0.25) is 0 Å². The zero-order valence-corrected chi connectivity index (χ0v) is 11.2. The summed E-state index contributed by atoms with van der Waals surface area (Å²) in [5.41, 5.74) is 3.41. The molecule has 2 aromatic rings. The van der Waals surface area contributed by atoms with Crippen LogP contribution in [0.2, 0.25) is 0 Å². The lowest BCUT2D eigenvalue weighted by molar-refractivity contribution is 0.0999. The number of para-hydroxylation sites is 1. The number of ketones is 1. The van der Waals surface area contributed by atoms with Gasteiger partial charge < -0.3 is 10.1 Å². The van der Waals surface area contributed by atoms with Crippen molar-refractivity contribution < 1.29 is 9.53 Å². The summed E-state index contributed by atoms with van der Waals surface area (Å²) in [6.45, 7) is 2.34. The Hall–Kier alpha value is -2.55. The zero-order valence-electron chi connectivity index (χ0n) is 11.2. The first-order valence-electron chi connectivity index (χ1n) is 6.53. The fourth-order valence-electron chi connectivity index (χ4n) is 2.10. The third-order valence-corrected chi connectivity index (χ3v) is 3.27. The molecule has 2 aromatic carbocycles. The third kappa shape index (κ3) is 2.43. The minimum atomic E-state index is 0.0199. The van der Waals surface area contributed by atoms with Gasteiger partial charge in [-0.2, -0.15) is 0 Å². The van der Waals surface area contributed by atoms with Gasteiger partial charge in [-0.1, -0.05) is 29.8 Å². The average molecular weight is 265 g/mol. The van der Waals surface area contributed by atoms with E-state index in [0.29, 0.717) is 23.5 Å². The molecule has 1 heterocycles. The van der Waals surface area contributed by atoms with Gasteiger partial charge in [0.25, 0.3) is 0 Å². The standard InChI is InChI=1S/C17H15NO2/c1-12-6-8-14(9-7-12)18-10-13-11-20-16-5-3-2-4-15(16)17(13)19/h2-10,18H,11H2,1H3/b13-10-. The van der Waals surface area contributed by atoms with Gasteiger partial charge in [0.15, 0.2) is 5.78 Å². The van der Waals surface area contributed by atoms with Crippen LogP contribution in [0.25, 0.3) is 0 Å². The molecule has 0 atom stereocenters. The number of aryl methyl sites for hydroxylation is 1. The number of carbonyl (C=O) groups excluding carboxylic acids is 1. The number of hydrogen-bond donors (Lipinski definition) is 1. The van der Waals surface area contributed by atoms with Crippen molar-refractivity contribution in [2.75, 3.05) is 11.9 Å². The Kier molecular flexibility index (Phi) is 3.25. The largest absolute Gasteiger partial charge is 0.488 e. The molecule has 0 fully saturated rings. The highest BCUT2D eigenvalue weighted by Gasteiger charge is 2.22. The first kappa shape index (κ1) is 12.5. The molecule has 20 heavy (non-hydrogen) atoms. The summed E-state index contributed by atoms with van der Waals surface area (Å²) in [5.74, 6) is 0.677. The smallest absolute Gasteiger partial charge is 0.197 e. The molecule has 0 saturated carbocycles. The fourth-order valence-corrected chi connectivity index (χ4v) is 2.10. The molecular weight excluding hydrogens is 250 g/mol. The van der Waals surface area contributed by atoms with E-state index in [2.05, 4.69) is 5.32 Å². The van der Waals surface area contributed by atoms with Crippen LogP contribution >= 0.6 is 0 Å². The maximum absolute atomic E-state index is 12.3. The van der Waals surface area contributed by atoms with Crippen LogP contribution in [0.15, 0.2) is 60.3 Å². The average Bonchev–Trinajstić information content (AvgIpc) is 2.49. The van der Waals surface area contributed by atoms with Crippen LogP contribution in [-0.2, 0) is 0 Å². The Morgan fingerprint density at radius 3 is 2.65 bits per heavy atom. The molecule has 0 amide bonds. The van der Waals surface area contributed by atoms with Crippen LogP contribution in [0.5, 0.6) is 5.75 Å². The molecule has 0 aromatic heterocycles. The topological polar surface area (TPSA) is 38.3 Å². The molecule has 3 heteroatoms. The Balaban J connectivity index is 1.80. The van der Waals surface area contributed by atoms with Crippen LogP contribution in [0.3, 0.4) is 0 Å². The van der Waals surface area contributed by atoms with E-state index in [4.69, 9.17) is 4.74 Å². The molecule has 3 nitrogen and oxygen atoms in total. The Morgan fingerprint density at radius 2 is 1.85 bits per heavy atom. The van der Waals surface area contributed by atoms with Crippen molar-refractivity contribution in [2.24, 2.45) is 0 Å².